The first kappa shape index (κ1) is 24.8. The molecule has 0 saturated carbocycles. The summed E-state index contributed by atoms with van der Waals surface area (Å²) in [5.74, 6) is -2.64. The van der Waals surface area contributed by atoms with E-state index < -0.39 is 24.0 Å². The summed E-state index contributed by atoms with van der Waals surface area (Å²) in [6, 6.07) is 3.13. The second-order valence-electron chi connectivity index (χ2n) is 6.35. The van der Waals surface area contributed by atoms with Crippen molar-refractivity contribution in [2.75, 3.05) is 65.2 Å². The molecule has 2 rings (SSSR count). The van der Waals surface area contributed by atoms with E-state index in [2.05, 4.69) is 15.1 Å². The van der Waals surface area contributed by atoms with Gasteiger partial charge in [-0.2, -0.15) is 13.2 Å². The molecule has 0 aliphatic carbocycles. The van der Waals surface area contributed by atoms with Gasteiger partial charge in [0.2, 0.25) is 5.91 Å². The van der Waals surface area contributed by atoms with Crippen LogP contribution in [0, 0.1) is 5.92 Å². The van der Waals surface area contributed by atoms with Crippen LogP contribution in [0.15, 0.2) is 18.3 Å². The van der Waals surface area contributed by atoms with Gasteiger partial charge in [-0.3, -0.25) is 4.79 Å². The second-order valence-corrected chi connectivity index (χ2v) is 6.35. The zero-order chi connectivity index (χ0) is 22.7. The fourth-order valence-electron chi connectivity index (χ4n) is 2.30. The number of anilines is 1. The summed E-state index contributed by atoms with van der Waals surface area (Å²) >= 11 is 0. The third-order valence-corrected chi connectivity index (χ3v) is 3.95. The number of alkyl halides is 3. The van der Waals surface area contributed by atoms with Crippen molar-refractivity contribution in [2.24, 2.45) is 5.92 Å². The Morgan fingerprint density at radius 1 is 1.10 bits per heavy atom. The molecule has 1 amide bonds. The number of nitrogens with zero attached hydrogens (tertiary/aromatic N) is 2. The number of amides is 1. The lowest BCUT2D eigenvalue weighted by atomic mass is 10.0. The lowest BCUT2D eigenvalue weighted by molar-refractivity contribution is -0.256. The van der Waals surface area contributed by atoms with Gasteiger partial charge >= 0.3 is 12.1 Å². The third kappa shape index (κ3) is 9.04. The summed E-state index contributed by atoms with van der Waals surface area (Å²) in [5.41, 5.74) is 0. The number of rotatable bonds is 13. The molecule has 2 heterocycles. The zero-order valence-corrected chi connectivity index (χ0v) is 16.9. The van der Waals surface area contributed by atoms with Crippen molar-refractivity contribution >= 4 is 17.7 Å². The van der Waals surface area contributed by atoms with Crippen molar-refractivity contribution in [1.82, 2.24) is 10.0 Å². The molecule has 1 saturated heterocycles. The van der Waals surface area contributed by atoms with Gasteiger partial charge in [-0.25, -0.2) is 9.78 Å². The molecule has 1 aliphatic rings. The molecular formula is C18H24F3N3O7. The monoisotopic (exact) mass is 451 g/mol. The molecular weight excluding hydrogens is 427 g/mol. The molecule has 174 valence electrons. The Hall–Kier alpha value is -2.48. The minimum absolute atomic E-state index is 0.133. The summed E-state index contributed by atoms with van der Waals surface area (Å²) in [7, 11) is 1.60. The van der Waals surface area contributed by atoms with E-state index in [0.29, 0.717) is 45.4 Å². The number of halogens is 3. The van der Waals surface area contributed by atoms with E-state index in [1.54, 1.807) is 13.2 Å². The lowest BCUT2D eigenvalue weighted by Gasteiger charge is -2.35. The van der Waals surface area contributed by atoms with Gasteiger partial charge in [0.1, 0.15) is 18.2 Å². The van der Waals surface area contributed by atoms with Gasteiger partial charge in [-0.05, 0) is 12.1 Å². The van der Waals surface area contributed by atoms with Crippen LogP contribution in [0.2, 0.25) is 0 Å². The normalized spacial score (nSPS) is 14.7. The molecule has 0 unspecified atom stereocenters. The standard InChI is InChI=1S/C18H24F3N3O7/c1-27-4-5-28-6-7-29-8-9-30-14-2-3-15(22-10-14)23-16(25)13-11-24(12-13)31-17(26)18(19,20)21/h2-3,10,13H,4-9,11-12H2,1H3,(H,22,23,25). The quantitative estimate of drug-likeness (QED) is 0.440. The minimum Gasteiger partial charge on any atom is -0.490 e. The summed E-state index contributed by atoms with van der Waals surface area (Å²) < 4.78 is 57.2. The predicted octanol–water partition coefficient (Wildman–Crippen LogP) is 1.03. The Kier molecular flexibility index (Phi) is 9.91. The van der Waals surface area contributed by atoms with Crippen LogP contribution in [0.3, 0.4) is 0 Å². The number of hydroxylamine groups is 2. The van der Waals surface area contributed by atoms with Crippen LogP contribution < -0.4 is 10.1 Å². The number of nitrogens with one attached hydrogen (secondary N) is 1. The third-order valence-electron chi connectivity index (χ3n) is 3.95. The van der Waals surface area contributed by atoms with Gasteiger partial charge < -0.3 is 29.1 Å². The van der Waals surface area contributed by atoms with Crippen molar-refractivity contribution in [2.45, 2.75) is 6.18 Å². The number of carbonyl (C=O) groups excluding carboxylic acids is 2. The molecule has 1 N–H and O–H groups in total. The first-order chi connectivity index (χ1) is 14.8. The van der Waals surface area contributed by atoms with E-state index >= 15 is 0 Å². The van der Waals surface area contributed by atoms with Gasteiger partial charge in [0.15, 0.2) is 0 Å². The Labute approximate surface area is 176 Å². The van der Waals surface area contributed by atoms with Gasteiger partial charge in [0.25, 0.3) is 0 Å². The van der Waals surface area contributed by atoms with Crippen molar-refractivity contribution in [1.29, 1.82) is 0 Å². The predicted molar refractivity (Wildman–Crippen MR) is 99.1 cm³/mol. The van der Waals surface area contributed by atoms with Crippen molar-refractivity contribution in [3.8, 4) is 5.75 Å². The molecule has 10 nitrogen and oxygen atoms in total. The maximum absolute atomic E-state index is 12.1. The van der Waals surface area contributed by atoms with Crippen LogP contribution >= 0.6 is 0 Å². The minimum atomic E-state index is -5.08. The number of hydrogen-bond donors (Lipinski definition) is 1. The number of methoxy groups -OCH3 is 1. The highest BCUT2D eigenvalue weighted by molar-refractivity contribution is 5.92. The molecule has 13 heteroatoms. The van der Waals surface area contributed by atoms with Crippen LogP contribution in [0.1, 0.15) is 0 Å². The Bertz CT molecular complexity index is 698. The molecule has 0 radical (unpaired) electrons. The number of pyridine rings is 1. The molecule has 0 atom stereocenters. The summed E-state index contributed by atoms with van der Waals surface area (Å²) in [5, 5.41) is 3.31. The first-order valence-corrected chi connectivity index (χ1v) is 9.38. The van der Waals surface area contributed by atoms with E-state index in [1.165, 1.54) is 12.3 Å². The average molecular weight is 451 g/mol. The fraction of sp³-hybridized carbons (Fsp3) is 0.611. The topological polar surface area (TPSA) is 108 Å². The average Bonchev–Trinajstić information content (AvgIpc) is 2.69. The highest BCUT2D eigenvalue weighted by Gasteiger charge is 2.45. The Morgan fingerprint density at radius 2 is 1.74 bits per heavy atom. The van der Waals surface area contributed by atoms with Crippen LogP contribution in [0.5, 0.6) is 5.75 Å². The Balaban J connectivity index is 1.58. The molecule has 1 aromatic heterocycles. The van der Waals surface area contributed by atoms with E-state index in [-0.39, 0.29) is 18.9 Å². The number of carbonyl (C=O) groups is 2. The molecule has 1 aromatic rings. The smallest absolute Gasteiger partial charge is 0.490 e. The first-order valence-electron chi connectivity index (χ1n) is 9.38. The molecule has 1 fully saturated rings. The van der Waals surface area contributed by atoms with Crippen molar-refractivity contribution in [3.63, 3.8) is 0 Å². The van der Waals surface area contributed by atoms with Gasteiger partial charge in [-0.15, -0.1) is 5.06 Å². The van der Waals surface area contributed by atoms with Gasteiger partial charge in [-0.1, -0.05) is 0 Å². The van der Waals surface area contributed by atoms with E-state index in [9.17, 15) is 22.8 Å². The molecule has 0 bridgehead atoms. The highest BCUT2D eigenvalue weighted by Crippen LogP contribution is 2.23. The summed E-state index contributed by atoms with van der Waals surface area (Å²) in [6.45, 7) is 2.34. The summed E-state index contributed by atoms with van der Waals surface area (Å²) in [4.78, 5) is 30.9. The highest BCUT2D eigenvalue weighted by atomic mass is 19.4. The van der Waals surface area contributed by atoms with Crippen LogP contribution in [-0.2, 0) is 28.6 Å². The number of aromatic nitrogens is 1. The zero-order valence-electron chi connectivity index (χ0n) is 16.9. The van der Waals surface area contributed by atoms with E-state index in [4.69, 9.17) is 18.9 Å². The fourth-order valence-corrected chi connectivity index (χ4v) is 2.30. The molecule has 0 spiro atoms. The van der Waals surface area contributed by atoms with Crippen LogP contribution in [0.4, 0.5) is 19.0 Å². The van der Waals surface area contributed by atoms with Crippen LogP contribution in [-0.4, -0.2) is 87.9 Å². The van der Waals surface area contributed by atoms with Gasteiger partial charge in [0, 0.05) is 20.2 Å². The van der Waals surface area contributed by atoms with Crippen molar-refractivity contribution < 1.29 is 46.5 Å². The maximum Gasteiger partial charge on any atom is 0.492 e. The largest absolute Gasteiger partial charge is 0.492 e. The van der Waals surface area contributed by atoms with Gasteiger partial charge in [0.05, 0.1) is 45.1 Å². The SMILES string of the molecule is COCCOCCOCCOc1ccc(NC(=O)C2CN(OC(=O)C(F)(F)F)C2)nc1. The number of hydrogen-bond acceptors (Lipinski definition) is 9. The van der Waals surface area contributed by atoms with E-state index in [0.717, 1.165) is 5.06 Å². The van der Waals surface area contributed by atoms with E-state index in [1.807, 2.05) is 0 Å². The maximum atomic E-state index is 12.1. The van der Waals surface area contributed by atoms with Crippen LogP contribution in [0.25, 0.3) is 0 Å². The molecule has 1 aliphatic heterocycles. The molecule has 31 heavy (non-hydrogen) atoms. The summed E-state index contributed by atoms with van der Waals surface area (Å²) in [6.07, 6.45) is -3.66. The molecule has 0 aromatic carbocycles. The van der Waals surface area contributed by atoms with Crippen molar-refractivity contribution in [3.05, 3.63) is 18.3 Å². The second kappa shape index (κ2) is 12.4. The Morgan fingerprint density at radius 3 is 2.32 bits per heavy atom. The lowest BCUT2D eigenvalue weighted by Crippen LogP contribution is -2.53. The number of ether oxygens (including phenoxy) is 4.